The number of pyridine rings is 1. The molecule has 2 atom stereocenters. The topological polar surface area (TPSA) is 72.3 Å². The lowest BCUT2D eigenvalue weighted by Gasteiger charge is -2.49. The van der Waals surface area contributed by atoms with Crippen molar-refractivity contribution in [2.75, 3.05) is 29.4 Å². The van der Waals surface area contributed by atoms with Crippen LogP contribution < -0.4 is 15.1 Å². The van der Waals surface area contributed by atoms with Gasteiger partial charge in [-0.3, -0.25) is 9.78 Å². The zero-order valence-electron chi connectivity index (χ0n) is 19.4. The van der Waals surface area contributed by atoms with Crippen LogP contribution in [0.3, 0.4) is 0 Å². The van der Waals surface area contributed by atoms with Crippen molar-refractivity contribution in [3.05, 3.63) is 89.2 Å². The Morgan fingerprint density at radius 2 is 1.94 bits per heavy atom. The number of fused-ring (bicyclic) bond motifs is 3. The molecule has 5 rings (SSSR count). The van der Waals surface area contributed by atoms with Crippen LogP contribution in [0.25, 0.3) is 0 Å². The lowest BCUT2D eigenvalue weighted by atomic mass is 9.82. The summed E-state index contributed by atoms with van der Waals surface area (Å²) in [6, 6.07) is 16.7. The summed E-state index contributed by atoms with van der Waals surface area (Å²) in [6.45, 7) is 1.87. The Balaban J connectivity index is 1.46. The molecule has 36 heavy (non-hydrogen) atoms. The van der Waals surface area contributed by atoms with Crippen LogP contribution in [0.15, 0.2) is 67.0 Å². The monoisotopic (exact) mass is 491 g/mol. The number of para-hydroxylation sites is 1. The van der Waals surface area contributed by atoms with Crippen molar-refractivity contribution in [3.63, 3.8) is 0 Å². The number of nitrogens with one attached hydrogen (secondary N) is 1. The second kappa shape index (κ2) is 9.53. The number of halogens is 3. The second-order valence-electron chi connectivity index (χ2n) is 9.07. The molecule has 0 bridgehead atoms. The first-order chi connectivity index (χ1) is 17.3. The molecule has 1 amide bonds. The van der Waals surface area contributed by atoms with Crippen molar-refractivity contribution in [2.24, 2.45) is 5.92 Å². The van der Waals surface area contributed by atoms with Crippen molar-refractivity contribution in [1.29, 1.82) is 5.26 Å². The molecule has 9 heteroatoms. The Hall–Kier alpha value is -4.06. The predicted octanol–water partition coefficient (Wildman–Crippen LogP) is 4.16. The van der Waals surface area contributed by atoms with E-state index in [1.165, 1.54) is 12.1 Å². The molecule has 2 aromatic carbocycles. The highest BCUT2D eigenvalue weighted by molar-refractivity contribution is 5.82. The van der Waals surface area contributed by atoms with Gasteiger partial charge in [-0.1, -0.05) is 18.2 Å². The SMILES string of the molecule is N#Cc1ccccc1N1CCN2c3ccc(C(F)(F)F)cc3C[C@@H](C(=O)NCc3cccnc3)[C@H]2C1. The third-order valence-electron chi connectivity index (χ3n) is 6.93. The maximum Gasteiger partial charge on any atom is 0.416 e. The third-order valence-corrected chi connectivity index (χ3v) is 6.93. The number of carbonyl (C=O) groups excluding carboxylic acids is 1. The molecule has 0 aliphatic carbocycles. The quantitative estimate of drug-likeness (QED) is 0.594. The Bertz CT molecular complexity index is 1300. The van der Waals surface area contributed by atoms with Gasteiger partial charge in [-0.15, -0.1) is 0 Å². The summed E-state index contributed by atoms with van der Waals surface area (Å²) in [7, 11) is 0. The number of aromatic nitrogens is 1. The van der Waals surface area contributed by atoms with E-state index in [-0.39, 0.29) is 24.9 Å². The molecule has 1 saturated heterocycles. The van der Waals surface area contributed by atoms with Crippen LogP contribution in [0, 0.1) is 17.2 Å². The van der Waals surface area contributed by atoms with E-state index < -0.39 is 17.7 Å². The zero-order valence-corrected chi connectivity index (χ0v) is 19.4. The molecule has 184 valence electrons. The average Bonchev–Trinajstić information content (AvgIpc) is 2.90. The van der Waals surface area contributed by atoms with Crippen LogP contribution in [-0.2, 0) is 23.9 Å². The molecule has 1 N–H and O–H groups in total. The Morgan fingerprint density at radius 1 is 1.11 bits per heavy atom. The van der Waals surface area contributed by atoms with Crippen LogP contribution in [0.1, 0.15) is 22.3 Å². The normalized spacial score (nSPS) is 19.2. The number of hydrogen-bond acceptors (Lipinski definition) is 5. The Labute approximate surface area is 207 Å². The molecule has 1 fully saturated rings. The third kappa shape index (κ3) is 4.59. The van der Waals surface area contributed by atoms with Crippen LogP contribution in [0.5, 0.6) is 0 Å². The molecule has 6 nitrogen and oxygen atoms in total. The first-order valence-corrected chi connectivity index (χ1v) is 11.7. The number of anilines is 2. The van der Waals surface area contributed by atoms with E-state index >= 15 is 0 Å². The predicted molar refractivity (Wildman–Crippen MR) is 129 cm³/mol. The fourth-order valence-corrected chi connectivity index (χ4v) is 5.19. The number of benzene rings is 2. The summed E-state index contributed by atoms with van der Waals surface area (Å²) >= 11 is 0. The standard InChI is InChI=1S/C27H24F3N5O/c28-27(29,30)21-7-8-24-20(12-21)13-22(26(36)33-16-18-4-3-9-32-15-18)25-17-34(10-11-35(24)25)23-6-2-1-5-19(23)14-31/h1-9,12,15,22,25H,10-11,13,16-17H2,(H,33,36)/t22-,25-/m1/s1. The number of nitriles is 1. The van der Waals surface area contributed by atoms with Gasteiger partial charge in [0.1, 0.15) is 6.07 Å². The number of hydrogen-bond donors (Lipinski definition) is 1. The van der Waals surface area contributed by atoms with Crippen molar-refractivity contribution in [2.45, 2.75) is 25.2 Å². The molecule has 3 heterocycles. The van der Waals surface area contributed by atoms with Gasteiger partial charge >= 0.3 is 6.18 Å². The van der Waals surface area contributed by atoms with Gasteiger partial charge in [-0.2, -0.15) is 18.4 Å². The first-order valence-electron chi connectivity index (χ1n) is 11.7. The van der Waals surface area contributed by atoms with Gasteiger partial charge in [0.15, 0.2) is 0 Å². The highest BCUT2D eigenvalue weighted by Crippen LogP contribution is 2.40. The van der Waals surface area contributed by atoms with Gasteiger partial charge in [-0.05, 0) is 53.9 Å². The zero-order chi connectivity index (χ0) is 25.3. The summed E-state index contributed by atoms with van der Waals surface area (Å²) in [5.74, 6) is -0.776. The van der Waals surface area contributed by atoms with Crippen LogP contribution >= 0.6 is 0 Å². The molecule has 3 aromatic rings. The lowest BCUT2D eigenvalue weighted by Crippen LogP contribution is -2.61. The van der Waals surface area contributed by atoms with Crippen molar-refractivity contribution in [1.82, 2.24) is 10.3 Å². The molecule has 0 radical (unpaired) electrons. The minimum Gasteiger partial charge on any atom is -0.367 e. The lowest BCUT2D eigenvalue weighted by molar-refractivity contribution is -0.137. The Kier molecular flexibility index (Phi) is 6.27. The van der Waals surface area contributed by atoms with Gasteiger partial charge in [0.2, 0.25) is 5.91 Å². The molecular weight excluding hydrogens is 467 g/mol. The van der Waals surface area contributed by atoms with E-state index in [1.54, 1.807) is 24.5 Å². The van der Waals surface area contributed by atoms with Gasteiger partial charge < -0.3 is 15.1 Å². The van der Waals surface area contributed by atoms with E-state index in [2.05, 4.69) is 26.2 Å². The van der Waals surface area contributed by atoms with Crippen molar-refractivity contribution in [3.8, 4) is 6.07 Å². The smallest absolute Gasteiger partial charge is 0.367 e. The maximum absolute atomic E-state index is 13.4. The van der Waals surface area contributed by atoms with Gasteiger partial charge in [0.25, 0.3) is 0 Å². The summed E-state index contributed by atoms with van der Waals surface area (Å²) in [6.07, 6.45) is -0.939. The van der Waals surface area contributed by atoms with Crippen LogP contribution in [-0.4, -0.2) is 36.6 Å². The van der Waals surface area contributed by atoms with Gasteiger partial charge in [-0.25, -0.2) is 0 Å². The fraction of sp³-hybridized carbons (Fsp3) is 0.296. The molecule has 2 aliphatic rings. The maximum atomic E-state index is 13.4. The molecule has 0 saturated carbocycles. The van der Waals surface area contributed by atoms with E-state index in [4.69, 9.17) is 0 Å². The van der Waals surface area contributed by atoms with Crippen LogP contribution in [0.4, 0.5) is 24.5 Å². The van der Waals surface area contributed by atoms with Gasteiger partial charge in [0.05, 0.1) is 28.8 Å². The summed E-state index contributed by atoms with van der Waals surface area (Å²) in [4.78, 5) is 21.6. The summed E-state index contributed by atoms with van der Waals surface area (Å²) < 4.78 is 40.3. The fourth-order valence-electron chi connectivity index (χ4n) is 5.19. The van der Waals surface area contributed by atoms with Crippen molar-refractivity contribution >= 4 is 17.3 Å². The van der Waals surface area contributed by atoms with Gasteiger partial charge in [0, 0.05) is 44.3 Å². The number of piperazine rings is 1. The molecule has 0 unspecified atom stereocenters. The largest absolute Gasteiger partial charge is 0.416 e. The number of alkyl halides is 3. The van der Waals surface area contributed by atoms with E-state index in [0.717, 1.165) is 23.0 Å². The first kappa shape index (κ1) is 23.7. The minimum absolute atomic E-state index is 0.201. The highest BCUT2D eigenvalue weighted by atomic mass is 19.4. The highest BCUT2D eigenvalue weighted by Gasteiger charge is 2.43. The number of rotatable bonds is 4. The Morgan fingerprint density at radius 3 is 2.69 bits per heavy atom. The minimum atomic E-state index is -4.45. The number of carbonyl (C=O) groups is 1. The van der Waals surface area contributed by atoms with E-state index in [0.29, 0.717) is 30.8 Å². The second-order valence-corrected chi connectivity index (χ2v) is 9.07. The van der Waals surface area contributed by atoms with E-state index in [1.807, 2.05) is 24.3 Å². The van der Waals surface area contributed by atoms with Crippen molar-refractivity contribution < 1.29 is 18.0 Å². The average molecular weight is 492 g/mol. The molecule has 2 aliphatic heterocycles. The molecule has 1 aromatic heterocycles. The number of amides is 1. The summed E-state index contributed by atoms with van der Waals surface area (Å²) in [5.41, 5.74) is 2.73. The van der Waals surface area contributed by atoms with Crippen LogP contribution in [0.2, 0.25) is 0 Å². The summed E-state index contributed by atoms with van der Waals surface area (Å²) in [5, 5.41) is 12.5. The molecular formula is C27H24F3N5O. The molecule has 0 spiro atoms. The van der Waals surface area contributed by atoms with E-state index in [9.17, 15) is 23.2 Å². The number of nitrogens with zero attached hydrogens (tertiary/aromatic N) is 4.